The van der Waals surface area contributed by atoms with Crippen molar-refractivity contribution >= 4 is 43.3 Å². The van der Waals surface area contributed by atoms with Crippen LogP contribution in [0.5, 0.6) is 5.75 Å². The molecule has 20 heavy (non-hydrogen) atoms. The molecule has 3 nitrogen and oxygen atoms in total. The molecule has 0 saturated heterocycles. The third kappa shape index (κ3) is 1.48. The Morgan fingerprint density at radius 1 is 1.05 bits per heavy atom. The molecule has 0 radical (unpaired) electrons. The first-order valence-electron chi connectivity index (χ1n) is 6.31. The zero-order chi connectivity index (χ0) is 13.7. The average Bonchev–Trinajstić information content (AvgIpc) is 2.89. The van der Waals surface area contributed by atoms with Gasteiger partial charge in [-0.25, -0.2) is 4.98 Å². The van der Waals surface area contributed by atoms with E-state index in [-0.39, 0.29) is 0 Å². The lowest BCUT2D eigenvalue weighted by molar-refractivity contribution is 0.415. The normalized spacial score (nSPS) is 11.5. The van der Waals surface area contributed by atoms with Crippen LogP contribution in [0.1, 0.15) is 0 Å². The Hall–Kier alpha value is -2.07. The minimum atomic E-state index is 0.841. The first-order chi connectivity index (χ1) is 9.79. The fraction of sp³-hybridized carbons (Fsp3) is 0.0625. The maximum absolute atomic E-state index is 5.34. The molecule has 0 aliphatic carbocycles. The number of fused-ring (bicyclic) bond motifs is 6. The number of aromatic nitrogens is 2. The van der Waals surface area contributed by atoms with E-state index < -0.39 is 0 Å². The minimum absolute atomic E-state index is 0.841. The molecule has 0 spiro atoms. The van der Waals surface area contributed by atoms with Crippen molar-refractivity contribution in [2.75, 3.05) is 7.11 Å². The highest BCUT2D eigenvalue weighted by atomic mass is 79.9. The maximum Gasteiger partial charge on any atom is 0.146 e. The van der Waals surface area contributed by atoms with Crippen LogP contribution in [0.2, 0.25) is 0 Å². The molecule has 2 aromatic carbocycles. The Bertz CT molecular complexity index is 959. The standard InChI is InChI=1S/C16H11BrN2O/c1-20-10-6-7-11-12-4-2-3-5-14(12)19-15(17)9-18-16(19)13(11)8-10/h2-9H,1H3. The summed E-state index contributed by atoms with van der Waals surface area (Å²) >= 11 is 3.58. The van der Waals surface area contributed by atoms with Gasteiger partial charge in [0.05, 0.1) is 18.8 Å². The van der Waals surface area contributed by atoms with Crippen LogP contribution < -0.4 is 4.74 Å². The Kier molecular flexibility index (Phi) is 2.47. The molecule has 0 fully saturated rings. The van der Waals surface area contributed by atoms with E-state index in [0.29, 0.717) is 0 Å². The summed E-state index contributed by atoms with van der Waals surface area (Å²) in [6, 6.07) is 14.5. The monoisotopic (exact) mass is 326 g/mol. The van der Waals surface area contributed by atoms with Crippen LogP contribution in [-0.2, 0) is 0 Å². The number of pyridine rings is 1. The summed E-state index contributed by atoms with van der Waals surface area (Å²) < 4.78 is 8.42. The van der Waals surface area contributed by atoms with E-state index in [9.17, 15) is 0 Å². The van der Waals surface area contributed by atoms with Crippen LogP contribution in [0.3, 0.4) is 0 Å². The summed E-state index contributed by atoms with van der Waals surface area (Å²) in [6.07, 6.45) is 1.83. The van der Waals surface area contributed by atoms with Gasteiger partial charge in [-0.15, -0.1) is 0 Å². The maximum atomic E-state index is 5.34. The van der Waals surface area contributed by atoms with Crippen LogP contribution in [0.15, 0.2) is 53.3 Å². The summed E-state index contributed by atoms with van der Waals surface area (Å²) in [5.41, 5.74) is 2.08. The van der Waals surface area contributed by atoms with E-state index in [0.717, 1.165) is 26.9 Å². The lowest BCUT2D eigenvalue weighted by atomic mass is 10.1. The fourth-order valence-electron chi connectivity index (χ4n) is 2.72. The first-order valence-corrected chi connectivity index (χ1v) is 7.10. The Morgan fingerprint density at radius 3 is 2.75 bits per heavy atom. The van der Waals surface area contributed by atoms with Gasteiger partial charge in [0.2, 0.25) is 0 Å². The number of halogens is 1. The van der Waals surface area contributed by atoms with E-state index >= 15 is 0 Å². The molecule has 4 rings (SSSR count). The highest BCUT2D eigenvalue weighted by Crippen LogP contribution is 2.33. The molecule has 0 aliphatic rings. The number of imidazole rings is 1. The first kappa shape index (κ1) is 11.7. The molecular weight excluding hydrogens is 316 g/mol. The number of methoxy groups -OCH3 is 1. The number of rotatable bonds is 1. The highest BCUT2D eigenvalue weighted by molar-refractivity contribution is 9.10. The Labute approximate surface area is 123 Å². The number of hydrogen-bond acceptors (Lipinski definition) is 2. The molecule has 0 saturated carbocycles. The summed E-state index contributed by atoms with van der Waals surface area (Å²) in [7, 11) is 1.68. The molecule has 0 bridgehead atoms. The van der Waals surface area contributed by atoms with Gasteiger partial charge in [0.25, 0.3) is 0 Å². The zero-order valence-electron chi connectivity index (χ0n) is 10.8. The average molecular weight is 327 g/mol. The van der Waals surface area contributed by atoms with Crippen molar-refractivity contribution < 1.29 is 4.74 Å². The van der Waals surface area contributed by atoms with Crippen molar-refractivity contribution in [3.8, 4) is 5.75 Å². The lowest BCUT2D eigenvalue weighted by Gasteiger charge is -2.10. The minimum Gasteiger partial charge on any atom is -0.497 e. The number of ether oxygens (including phenoxy) is 1. The Balaban J connectivity index is 2.36. The van der Waals surface area contributed by atoms with Crippen molar-refractivity contribution in [3.63, 3.8) is 0 Å². The van der Waals surface area contributed by atoms with Gasteiger partial charge in [0, 0.05) is 10.8 Å². The molecule has 0 aliphatic heterocycles. The predicted molar refractivity (Wildman–Crippen MR) is 84.5 cm³/mol. The van der Waals surface area contributed by atoms with Crippen molar-refractivity contribution in [1.82, 2.24) is 9.38 Å². The van der Waals surface area contributed by atoms with Crippen molar-refractivity contribution in [1.29, 1.82) is 0 Å². The SMILES string of the molecule is COc1ccc2c3ccccc3n3c(Br)cnc3c2c1. The smallest absolute Gasteiger partial charge is 0.146 e. The highest BCUT2D eigenvalue weighted by Gasteiger charge is 2.12. The third-order valence-corrected chi connectivity index (χ3v) is 4.18. The van der Waals surface area contributed by atoms with Gasteiger partial charge in [-0.05, 0) is 45.6 Å². The second-order valence-corrected chi connectivity index (χ2v) is 5.48. The van der Waals surface area contributed by atoms with Crippen LogP contribution in [0.25, 0.3) is 27.3 Å². The zero-order valence-corrected chi connectivity index (χ0v) is 12.4. The quantitative estimate of drug-likeness (QED) is 0.484. The van der Waals surface area contributed by atoms with Gasteiger partial charge in [-0.3, -0.25) is 4.40 Å². The van der Waals surface area contributed by atoms with Gasteiger partial charge in [0.15, 0.2) is 0 Å². The van der Waals surface area contributed by atoms with E-state index in [1.165, 1.54) is 10.8 Å². The Morgan fingerprint density at radius 2 is 1.90 bits per heavy atom. The molecule has 2 aromatic heterocycles. The molecular formula is C16H11BrN2O. The largest absolute Gasteiger partial charge is 0.497 e. The molecule has 4 heteroatoms. The number of benzene rings is 2. The van der Waals surface area contributed by atoms with E-state index in [2.05, 4.69) is 49.6 Å². The summed E-state index contributed by atoms with van der Waals surface area (Å²) in [6.45, 7) is 0. The number of hydrogen-bond donors (Lipinski definition) is 0. The summed E-state index contributed by atoms with van der Waals surface area (Å²) in [5.74, 6) is 0.841. The summed E-state index contributed by atoms with van der Waals surface area (Å²) in [4.78, 5) is 4.53. The summed E-state index contributed by atoms with van der Waals surface area (Å²) in [5, 5.41) is 3.48. The predicted octanol–water partition coefficient (Wildman–Crippen LogP) is 4.41. The second-order valence-electron chi connectivity index (χ2n) is 4.67. The van der Waals surface area contributed by atoms with Crippen LogP contribution >= 0.6 is 15.9 Å². The number of para-hydroxylation sites is 1. The van der Waals surface area contributed by atoms with Gasteiger partial charge >= 0.3 is 0 Å². The second kappa shape index (κ2) is 4.21. The van der Waals surface area contributed by atoms with Gasteiger partial charge in [0.1, 0.15) is 16.0 Å². The molecule has 0 unspecified atom stereocenters. The van der Waals surface area contributed by atoms with Crippen LogP contribution in [0, 0.1) is 0 Å². The topological polar surface area (TPSA) is 26.5 Å². The molecule has 0 atom stereocenters. The fourth-order valence-corrected chi connectivity index (χ4v) is 3.18. The lowest BCUT2D eigenvalue weighted by Crippen LogP contribution is -1.92. The molecule has 0 N–H and O–H groups in total. The van der Waals surface area contributed by atoms with Gasteiger partial charge < -0.3 is 4.74 Å². The van der Waals surface area contributed by atoms with Crippen molar-refractivity contribution in [2.24, 2.45) is 0 Å². The molecule has 0 amide bonds. The van der Waals surface area contributed by atoms with Gasteiger partial charge in [-0.1, -0.05) is 18.2 Å². The van der Waals surface area contributed by atoms with Crippen molar-refractivity contribution in [3.05, 3.63) is 53.3 Å². The molecule has 4 aromatic rings. The van der Waals surface area contributed by atoms with E-state index in [4.69, 9.17) is 4.74 Å². The molecule has 2 heterocycles. The van der Waals surface area contributed by atoms with Crippen molar-refractivity contribution in [2.45, 2.75) is 0 Å². The third-order valence-electron chi connectivity index (χ3n) is 3.62. The molecule has 98 valence electrons. The number of nitrogens with zero attached hydrogens (tertiary/aromatic N) is 2. The van der Waals surface area contributed by atoms with Crippen LogP contribution in [0.4, 0.5) is 0 Å². The van der Waals surface area contributed by atoms with E-state index in [1.54, 1.807) is 7.11 Å². The van der Waals surface area contributed by atoms with Crippen LogP contribution in [-0.4, -0.2) is 16.5 Å². The van der Waals surface area contributed by atoms with Gasteiger partial charge in [-0.2, -0.15) is 0 Å². The van der Waals surface area contributed by atoms with E-state index in [1.807, 2.05) is 24.4 Å².